The molecule has 1 N–H and O–H groups in total. The summed E-state index contributed by atoms with van der Waals surface area (Å²) in [7, 11) is 1.53. The van der Waals surface area contributed by atoms with Gasteiger partial charge in [0.05, 0.1) is 85.2 Å². The lowest BCUT2D eigenvalue weighted by Crippen LogP contribution is -2.30. The lowest BCUT2D eigenvalue weighted by Gasteiger charge is -2.16. The van der Waals surface area contributed by atoms with Gasteiger partial charge in [-0.1, -0.05) is 96.0 Å². The first-order chi connectivity index (χ1) is 37.7. The summed E-state index contributed by atoms with van der Waals surface area (Å²) in [6.45, 7) is -0.584. The van der Waals surface area contributed by atoms with E-state index in [-0.39, 0.29) is 74.8 Å². The number of hydrogen-bond acceptors (Lipinski definition) is 13. The number of aromatic amines is 1. The molecule has 9 aromatic rings. The molecule has 398 valence electrons. The summed E-state index contributed by atoms with van der Waals surface area (Å²) >= 11 is 11.9. The molecule has 0 aliphatic carbocycles. The first-order valence-corrected chi connectivity index (χ1v) is 23.5. The van der Waals surface area contributed by atoms with Crippen LogP contribution in [0.3, 0.4) is 0 Å². The van der Waals surface area contributed by atoms with Crippen LogP contribution < -0.4 is 36.4 Å². The number of benzene rings is 5. The van der Waals surface area contributed by atoms with Crippen molar-refractivity contribution in [3.05, 3.63) is 237 Å². The van der Waals surface area contributed by atoms with Gasteiger partial charge in [-0.2, -0.15) is 47.1 Å². The van der Waals surface area contributed by atoms with Gasteiger partial charge < -0.3 is 14.2 Å². The van der Waals surface area contributed by atoms with Crippen molar-refractivity contribution in [2.24, 2.45) is 0 Å². The highest BCUT2D eigenvalue weighted by atomic mass is 35.5. The smallest absolute Gasteiger partial charge is 0.437 e. The molecule has 0 saturated carbocycles. The number of methoxy groups -OCH3 is 1. The molecule has 0 bridgehead atoms. The average molecular weight is 1120 g/mol. The van der Waals surface area contributed by atoms with E-state index in [4.69, 9.17) is 42.7 Å². The maximum atomic E-state index is 13.9. The van der Waals surface area contributed by atoms with Gasteiger partial charge in [0.1, 0.15) is 17.2 Å². The fourth-order valence-corrected chi connectivity index (χ4v) is 8.03. The minimum absolute atomic E-state index is 0.0158. The van der Waals surface area contributed by atoms with Gasteiger partial charge in [0.25, 0.3) is 22.2 Å². The fraction of sp³-hybridized carbons (Fsp3) is 0.111. The zero-order valence-electron chi connectivity index (χ0n) is 40.4. The molecule has 5 aromatic carbocycles. The first-order valence-electron chi connectivity index (χ1n) is 22.7. The van der Waals surface area contributed by atoms with Gasteiger partial charge >= 0.3 is 12.4 Å². The topological polar surface area (TPSA) is 226 Å². The molecular weight excluding hydrogens is 1090 g/mol. The molecule has 0 atom stereocenters. The Labute approximate surface area is 451 Å². The number of aromatic nitrogens is 8. The number of rotatable bonds is 13. The van der Waals surface area contributed by atoms with E-state index in [0.717, 1.165) is 39.2 Å². The van der Waals surface area contributed by atoms with Crippen LogP contribution in [0.1, 0.15) is 39.5 Å². The summed E-state index contributed by atoms with van der Waals surface area (Å²) in [5.74, 6) is -2.08. The molecule has 4 aromatic heterocycles. The maximum absolute atomic E-state index is 13.9. The summed E-state index contributed by atoms with van der Waals surface area (Å²) in [4.78, 5) is 59.0. The van der Waals surface area contributed by atoms with Crippen molar-refractivity contribution in [1.82, 2.24) is 39.1 Å². The van der Waals surface area contributed by atoms with Crippen molar-refractivity contribution in [2.45, 2.75) is 32.0 Å². The summed E-state index contributed by atoms with van der Waals surface area (Å²) in [5.41, 5.74) is -3.43. The minimum Gasteiger partial charge on any atom is -0.497 e. The van der Waals surface area contributed by atoms with E-state index in [0.29, 0.717) is 23.2 Å². The molecule has 17 nitrogen and oxygen atoms in total. The summed E-state index contributed by atoms with van der Waals surface area (Å²) in [6.07, 6.45) is -8.58. The van der Waals surface area contributed by atoms with Gasteiger partial charge in [-0.25, -0.2) is 19.7 Å². The van der Waals surface area contributed by atoms with Crippen LogP contribution in [0, 0.1) is 22.7 Å². The number of ether oxygens (including phenoxy) is 3. The lowest BCUT2D eigenvalue weighted by atomic mass is 10.1. The number of halogens is 8. The highest BCUT2D eigenvalue weighted by Gasteiger charge is 2.40. The Morgan fingerprint density at radius 2 is 1.04 bits per heavy atom. The molecule has 79 heavy (non-hydrogen) atoms. The SMILES string of the molecule is COc1ccc(Cn2nc(Cn3cnc(C(F)(F)F)c(Oc4cc(Cl)cc(C#N)c4)c3=O)cc(-c3ccccc3)c2=O)cc1.N#Cc1cc(Cl)cc(Oc2c(C(F)(F)F)ncn(Cc3cc(-c4ccccc4)c(=O)[nH]n3)c2=O)c1. The summed E-state index contributed by atoms with van der Waals surface area (Å²) < 4.78 is 101. The van der Waals surface area contributed by atoms with E-state index in [2.05, 4.69) is 25.3 Å². The van der Waals surface area contributed by atoms with Crippen molar-refractivity contribution in [3.63, 3.8) is 0 Å². The molecule has 0 unspecified atom stereocenters. The molecule has 9 rings (SSSR count). The average Bonchev–Trinajstić information content (AvgIpc) is 3.51. The van der Waals surface area contributed by atoms with Crippen LogP contribution in [-0.4, -0.2) is 46.2 Å². The molecule has 25 heteroatoms. The summed E-state index contributed by atoms with van der Waals surface area (Å²) in [6, 6.07) is 38.1. The van der Waals surface area contributed by atoms with Gasteiger partial charge in [-0.15, -0.1) is 0 Å². The van der Waals surface area contributed by atoms with E-state index in [1.165, 1.54) is 42.1 Å². The third kappa shape index (κ3) is 13.4. The second kappa shape index (κ2) is 23.6. The largest absolute Gasteiger partial charge is 0.497 e. The van der Waals surface area contributed by atoms with Gasteiger partial charge in [0, 0.05) is 10.0 Å². The van der Waals surface area contributed by atoms with Gasteiger partial charge in [0.2, 0.25) is 11.5 Å². The molecular formula is C54H34Cl2F6N10O7. The normalized spacial score (nSPS) is 11.2. The zero-order valence-corrected chi connectivity index (χ0v) is 41.9. The Morgan fingerprint density at radius 3 is 1.51 bits per heavy atom. The number of nitriles is 2. The minimum atomic E-state index is -5.03. The van der Waals surface area contributed by atoms with Crippen molar-refractivity contribution >= 4 is 23.2 Å². The van der Waals surface area contributed by atoms with E-state index in [9.17, 15) is 50.8 Å². The lowest BCUT2D eigenvalue weighted by molar-refractivity contribution is -0.143. The van der Waals surface area contributed by atoms with Crippen LogP contribution in [0.5, 0.6) is 28.7 Å². The molecule has 0 amide bonds. The second-order valence-corrected chi connectivity index (χ2v) is 17.6. The van der Waals surface area contributed by atoms with Crippen molar-refractivity contribution in [1.29, 1.82) is 10.5 Å². The Bertz CT molecular complexity index is 4070. The predicted molar refractivity (Wildman–Crippen MR) is 274 cm³/mol. The zero-order chi connectivity index (χ0) is 56.6. The molecule has 0 fully saturated rings. The molecule has 0 spiro atoms. The molecule has 0 radical (unpaired) electrons. The van der Waals surface area contributed by atoms with E-state index < -0.39 is 57.5 Å². The highest BCUT2D eigenvalue weighted by Crippen LogP contribution is 2.37. The van der Waals surface area contributed by atoms with Crippen LogP contribution >= 0.6 is 23.2 Å². The Morgan fingerprint density at radius 1 is 0.570 bits per heavy atom. The first kappa shape index (κ1) is 55.4. The molecule has 0 saturated heterocycles. The summed E-state index contributed by atoms with van der Waals surface area (Å²) in [5, 5.41) is 28.9. The van der Waals surface area contributed by atoms with Crippen LogP contribution in [0.15, 0.2) is 165 Å². The third-order valence-electron chi connectivity index (χ3n) is 11.2. The third-order valence-corrected chi connectivity index (χ3v) is 11.6. The van der Waals surface area contributed by atoms with Gasteiger partial charge in [0.15, 0.2) is 11.4 Å². The van der Waals surface area contributed by atoms with Crippen LogP contribution in [0.2, 0.25) is 10.0 Å². The van der Waals surface area contributed by atoms with Crippen LogP contribution in [-0.2, 0) is 32.0 Å². The predicted octanol–water partition coefficient (Wildman–Crippen LogP) is 10.3. The molecule has 0 aliphatic heterocycles. The Hall–Kier alpha value is -9.84. The standard InChI is InChI=1S/C31H21ClF3N5O4.C23H13ClF3N5O3/c1-43-24-9-7-19(8-10-24)16-40-29(41)26(21-5-3-2-4-6-21)14-23(38-40)17-39-18-37-28(31(33,34)35)27(30(39)42)44-25-12-20(15-36)11-22(32)13-25;24-15-6-13(10-28)7-17(8-15)35-19-20(23(25,26)27)29-12-32(22(19)34)11-16-9-18(21(33)31-30-16)14-4-2-1-3-5-14/h2-14,18H,16-17H2,1H3;1-9,12H,11H2,(H,31,33). The van der Waals surface area contributed by atoms with Gasteiger partial charge in [-0.3, -0.25) is 28.3 Å². The van der Waals surface area contributed by atoms with Crippen LogP contribution in [0.25, 0.3) is 22.3 Å². The quantitative estimate of drug-likeness (QED) is 0.106. The number of hydrogen-bond donors (Lipinski definition) is 1. The number of nitrogens with zero attached hydrogens (tertiary/aromatic N) is 9. The Balaban J connectivity index is 0.000000214. The maximum Gasteiger partial charge on any atom is 0.437 e. The molecule has 0 aliphatic rings. The van der Waals surface area contributed by atoms with Gasteiger partial charge in [-0.05, 0) is 77.4 Å². The van der Waals surface area contributed by atoms with Crippen LogP contribution in [0.4, 0.5) is 26.3 Å². The second-order valence-electron chi connectivity index (χ2n) is 16.7. The van der Waals surface area contributed by atoms with Crippen molar-refractivity contribution in [3.8, 4) is 63.1 Å². The highest BCUT2D eigenvalue weighted by molar-refractivity contribution is 6.31. The monoisotopic (exact) mass is 1120 g/mol. The Kier molecular flexibility index (Phi) is 16.5. The van der Waals surface area contributed by atoms with E-state index in [1.54, 1.807) is 91.0 Å². The van der Waals surface area contributed by atoms with Crippen molar-refractivity contribution in [2.75, 3.05) is 7.11 Å². The fourth-order valence-electron chi connectivity index (χ4n) is 7.58. The van der Waals surface area contributed by atoms with E-state index in [1.807, 2.05) is 6.07 Å². The number of nitrogens with one attached hydrogen (secondary N) is 1. The van der Waals surface area contributed by atoms with Crippen molar-refractivity contribution < 1.29 is 40.6 Å². The number of H-pyrrole nitrogens is 1. The van der Waals surface area contributed by atoms with E-state index >= 15 is 0 Å². The number of alkyl halides is 6. The molecule has 4 heterocycles.